The number of fused-ring (bicyclic) bond motifs is 1. The van der Waals surface area contributed by atoms with Gasteiger partial charge in [-0.3, -0.25) is 9.69 Å². The van der Waals surface area contributed by atoms with Crippen molar-refractivity contribution in [3.63, 3.8) is 0 Å². The predicted molar refractivity (Wildman–Crippen MR) is 108 cm³/mol. The van der Waals surface area contributed by atoms with E-state index in [0.717, 1.165) is 43.9 Å². The maximum absolute atomic E-state index is 12.8. The number of pyridine rings is 1. The Hall–Kier alpha value is -2.92. The van der Waals surface area contributed by atoms with Gasteiger partial charge in [0.25, 0.3) is 5.91 Å². The number of rotatable bonds is 4. The van der Waals surface area contributed by atoms with Crippen molar-refractivity contribution in [1.82, 2.24) is 19.2 Å². The summed E-state index contributed by atoms with van der Waals surface area (Å²) in [6.07, 6.45) is 8.17. The fourth-order valence-electron chi connectivity index (χ4n) is 3.40. The Bertz CT molecular complexity index is 953. The summed E-state index contributed by atoms with van der Waals surface area (Å²) in [5.41, 5.74) is 3.70. The Morgan fingerprint density at radius 1 is 1.04 bits per heavy atom. The number of hydrogen-bond acceptors (Lipinski definition) is 3. The van der Waals surface area contributed by atoms with E-state index in [1.54, 1.807) is 0 Å². The molecule has 0 bridgehead atoms. The minimum atomic E-state index is 0.0239. The molecule has 0 spiro atoms. The van der Waals surface area contributed by atoms with Crippen molar-refractivity contribution < 1.29 is 4.79 Å². The summed E-state index contributed by atoms with van der Waals surface area (Å²) in [6, 6.07) is 14.3. The van der Waals surface area contributed by atoms with Crippen LogP contribution in [0.5, 0.6) is 0 Å². The monoisotopic (exact) mass is 360 g/mol. The lowest BCUT2D eigenvalue weighted by Gasteiger charge is -2.33. The number of imidazole rings is 1. The normalized spacial score (nSPS) is 15.7. The number of carbonyl (C=O) groups is 1. The molecule has 2 aromatic heterocycles. The van der Waals surface area contributed by atoms with Crippen molar-refractivity contribution in [3.05, 3.63) is 77.8 Å². The van der Waals surface area contributed by atoms with Gasteiger partial charge < -0.3 is 9.30 Å². The zero-order chi connectivity index (χ0) is 18.6. The lowest BCUT2D eigenvalue weighted by Crippen LogP contribution is -2.48. The van der Waals surface area contributed by atoms with Gasteiger partial charge in [0.15, 0.2) is 0 Å². The van der Waals surface area contributed by atoms with E-state index < -0.39 is 0 Å². The lowest BCUT2D eigenvalue weighted by molar-refractivity contribution is 0.0645. The molecule has 0 radical (unpaired) electrons. The van der Waals surface area contributed by atoms with Crippen molar-refractivity contribution in [1.29, 1.82) is 0 Å². The van der Waals surface area contributed by atoms with E-state index in [0.29, 0.717) is 5.69 Å². The van der Waals surface area contributed by atoms with Crippen LogP contribution in [0.25, 0.3) is 11.7 Å². The van der Waals surface area contributed by atoms with E-state index in [4.69, 9.17) is 0 Å². The molecule has 1 amide bonds. The number of nitrogens with zero attached hydrogens (tertiary/aromatic N) is 4. The Morgan fingerprint density at radius 2 is 1.81 bits per heavy atom. The van der Waals surface area contributed by atoms with Crippen LogP contribution in [0.4, 0.5) is 0 Å². The molecule has 138 valence electrons. The Labute approximate surface area is 159 Å². The summed E-state index contributed by atoms with van der Waals surface area (Å²) >= 11 is 0. The first kappa shape index (κ1) is 17.5. The number of aromatic nitrogens is 2. The predicted octanol–water partition coefficient (Wildman–Crippen LogP) is 3.11. The molecule has 3 aromatic rings. The fraction of sp³-hybridized carbons (Fsp3) is 0.273. The van der Waals surface area contributed by atoms with Gasteiger partial charge in [-0.1, -0.05) is 48.6 Å². The molecule has 3 heterocycles. The lowest BCUT2D eigenvalue weighted by atomic mass is 10.2. The van der Waals surface area contributed by atoms with Gasteiger partial charge in [-0.2, -0.15) is 0 Å². The zero-order valence-corrected chi connectivity index (χ0v) is 15.6. The third-order valence-electron chi connectivity index (χ3n) is 4.95. The van der Waals surface area contributed by atoms with Crippen LogP contribution in [-0.2, 0) is 0 Å². The van der Waals surface area contributed by atoms with Gasteiger partial charge in [-0.25, -0.2) is 4.98 Å². The number of amides is 1. The molecule has 5 nitrogen and oxygen atoms in total. The fourth-order valence-corrected chi connectivity index (χ4v) is 3.40. The van der Waals surface area contributed by atoms with Crippen LogP contribution in [0.15, 0.2) is 60.9 Å². The molecule has 1 aliphatic heterocycles. The minimum Gasteiger partial charge on any atom is -0.335 e. The smallest absolute Gasteiger partial charge is 0.274 e. The highest BCUT2D eigenvalue weighted by molar-refractivity contribution is 5.93. The maximum Gasteiger partial charge on any atom is 0.274 e. The molecular weight excluding hydrogens is 336 g/mol. The third-order valence-corrected chi connectivity index (χ3v) is 4.95. The quantitative estimate of drug-likeness (QED) is 0.718. The van der Waals surface area contributed by atoms with Gasteiger partial charge in [-0.15, -0.1) is 0 Å². The summed E-state index contributed by atoms with van der Waals surface area (Å²) in [5, 5.41) is 0. The Morgan fingerprint density at radius 3 is 2.59 bits per heavy atom. The second-order valence-electron chi connectivity index (χ2n) is 7.00. The average molecular weight is 360 g/mol. The largest absolute Gasteiger partial charge is 0.335 e. The first-order chi connectivity index (χ1) is 13.2. The Balaban J connectivity index is 1.33. The van der Waals surface area contributed by atoms with Gasteiger partial charge in [-0.05, 0) is 24.1 Å². The molecule has 1 aromatic carbocycles. The van der Waals surface area contributed by atoms with Crippen molar-refractivity contribution in [2.24, 2.45) is 0 Å². The molecule has 0 aliphatic carbocycles. The second kappa shape index (κ2) is 7.76. The van der Waals surface area contributed by atoms with Crippen molar-refractivity contribution >= 4 is 17.6 Å². The molecule has 1 saturated heterocycles. The second-order valence-corrected chi connectivity index (χ2v) is 7.00. The summed E-state index contributed by atoms with van der Waals surface area (Å²) in [6.45, 7) is 6.20. The molecule has 0 unspecified atom stereocenters. The third kappa shape index (κ3) is 4.09. The van der Waals surface area contributed by atoms with E-state index >= 15 is 0 Å². The SMILES string of the molecule is Cc1ccc2nc(C(=O)N3CCN(C/C=C/c4ccccc4)CC3)cn2c1. The van der Waals surface area contributed by atoms with E-state index in [1.807, 2.05) is 58.9 Å². The topological polar surface area (TPSA) is 40.9 Å². The summed E-state index contributed by atoms with van der Waals surface area (Å²) in [5.74, 6) is 0.0239. The van der Waals surface area contributed by atoms with Gasteiger partial charge in [0.1, 0.15) is 11.3 Å². The van der Waals surface area contributed by atoms with Gasteiger partial charge in [0, 0.05) is 45.1 Å². The molecule has 0 N–H and O–H groups in total. The molecule has 27 heavy (non-hydrogen) atoms. The first-order valence-electron chi connectivity index (χ1n) is 9.38. The summed E-state index contributed by atoms with van der Waals surface area (Å²) in [4.78, 5) is 21.5. The molecule has 5 heteroatoms. The highest BCUT2D eigenvalue weighted by Crippen LogP contribution is 2.12. The number of aryl methyl sites for hydroxylation is 1. The number of carbonyl (C=O) groups excluding carboxylic acids is 1. The highest BCUT2D eigenvalue weighted by atomic mass is 16.2. The van der Waals surface area contributed by atoms with Crippen LogP contribution in [0.1, 0.15) is 21.6 Å². The summed E-state index contributed by atoms with van der Waals surface area (Å²) < 4.78 is 1.92. The van der Waals surface area contributed by atoms with Crippen molar-refractivity contribution in [3.8, 4) is 0 Å². The van der Waals surface area contributed by atoms with E-state index in [1.165, 1.54) is 5.56 Å². The molecule has 0 atom stereocenters. The standard InChI is InChI=1S/C22H24N4O/c1-18-9-10-21-23-20(17-26(21)16-18)22(27)25-14-12-24(13-15-25)11-5-8-19-6-3-2-4-7-19/h2-10,16-17H,11-15H2,1H3/b8-5+. The molecular formula is C22H24N4O. The molecule has 1 fully saturated rings. The van der Waals surface area contributed by atoms with E-state index in [2.05, 4.69) is 34.2 Å². The van der Waals surface area contributed by atoms with E-state index in [9.17, 15) is 4.79 Å². The number of hydrogen-bond donors (Lipinski definition) is 0. The summed E-state index contributed by atoms with van der Waals surface area (Å²) in [7, 11) is 0. The minimum absolute atomic E-state index is 0.0239. The van der Waals surface area contributed by atoms with Crippen molar-refractivity contribution in [2.75, 3.05) is 32.7 Å². The van der Waals surface area contributed by atoms with Gasteiger partial charge in [0.05, 0.1) is 0 Å². The van der Waals surface area contributed by atoms with Crippen LogP contribution in [-0.4, -0.2) is 57.8 Å². The van der Waals surface area contributed by atoms with Crippen LogP contribution < -0.4 is 0 Å². The number of benzene rings is 1. The number of piperazine rings is 1. The van der Waals surface area contributed by atoms with Crippen LogP contribution in [0.3, 0.4) is 0 Å². The van der Waals surface area contributed by atoms with Crippen molar-refractivity contribution in [2.45, 2.75) is 6.92 Å². The van der Waals surface area contributed by atoms with Gasteiger partial charge >= 0.3 is 0 Å². The maximum atomic E-state index is 12.8. The van der Waals surface area contributed by atoms with E-state index in [-0.39, 0.29) is 5.91 Å². The Kier molecular flexibility index (Phi) is 5.03. The van der Waals surface area contributed by atoms with Crippen LogP contribution in [0.2, 0.25) is 0 Å². The van der Waals surface area contributed by atoms with Crippen LogP contribution >= 0.6 is 0 Å². The zero-order valence-electron chi connectivity index (χ0n) is 15.6. The van der Waals surface area contributed by atoms with Crippen LogP contribution in [0, 0.1) is 6.92 Å². The van der Waals surface area contributed by atoms with Gasteiger partial charge in [0.2, 0.25) is 0 Å². The average Bonchev–Trinajstić information content (AvgIpc) is 3.12. The molecule has 1 aliphatic rings. The highest BCUT2D eigenvalue weighted by Gasteiger charge is 2.23. The molecule has 4 rings (SSSR count). The first-order valence-corrected chi connectivity index (χ1v) is 9.38. The molecule has 0 saturated carbocycles.